The number of nitrogens with zero attached hydrogens (tertiary/aromatic N) is 3. The zero-order valence-electron chi connectivity index (χ0n) is 22.9. The monoisotopic (exact) mass is 597 g/mol. The second kappa shape index (κ2) is 10.1. The van der Waals surface area contributed by atoms with Crippen molar-refractivity contribution in [2.24, 2.45) is 0 Å². The average Bonchev–Trinajstić information content (AvgIpc) is 3.53. The Kier molecular flexibility index (Phi) is 6.49. The van der Waals surface area contributed by atoms with Gasteiger partial charge in [-0.2, -0.15) is 0 Å². The zero-order valence-corrected chi connectivity index (χ0v) is 22.9. The highest BCUT2D eigenvalue weighted by atomic mass is 19.1. The first-order valence-corrected chi connectivity index (χ1v) is 13.3. The smallest absolute Gasteiger partial charge is 0.267 e. The third kappa shape index (κ3) is 3.60. The lowest BCUT2D eigenvalue weighted by Crippen LogP contribution is -2.25. The molecule has 9 nitrogen and oxygen atoms in total. The number of aromatic nitrogens is 3. The van der Waals surface area contributed by atoms with Gasteiger partial charge in [0.15, 0.2) is 0 Å². The molecule has 0 bridgehead atoms. The summed E-state index contributed by atoms with van der Waals surface area (Å²) < 4.78 is 45.6. The van der Waals surface area contributed by atoms with E-state index in [9.17, 15) is 41.9 Å². The minimum atomic E-state index is -1.25. The molecule has 3 heterocycles. The minimum Gasteiger partial charge on any atom is -0.268 e. The Morgan fingerprint density at radius 1 is 0.364 bits per heavy atom. The lowest BCUT2D eigenvalue weighted by molar-refractivity contribution is 0.615. The first kappa shape index (κ1) is 28.2. The van der Waals surface area contributed by atoms with Crippen LogP contribution in [-0.4, -0.2) is 13.7 Å². The molecule has 0 aliphatic carbocycles. The van der Waals surface area contributed by atoms with Gasteiger partial charge in [-0.1, -0.05) is 50.2 Å². The molecule has 44 heavy (non-hydrogen) atoms. The van der Waals surface area contributed by atoms with Gasteiger partial charge in [0.05, 0.1) is 49.4 Å². The van der Waals surface area contributed by atoms with Gasteiger partial charge in [0.25, 0.3) is 33.4 Å². The predicted molar refractivity (Wildman–Crippen MR) is 159 cm³/mol. The van der Waals surface area contributed by atoms with Crippen molar-refractivity contribution in [3.05, 3.63) is 152 Å². The molecular weight excluding hydrogens is 579 g/mol. The largest absolute Gasteiger partial charge is 0.268 e. The highest BCUT2D eigenvalue weighted by Crippen LogP contribution is 2.28. The summed E-state index contributed by atoms with van der Waals surface area (Å²) in [6.45, 7) is 4.00. The van der Waals surface area contributed by atoms with Gasteiger partial charge in [-0.15, -0.1) is 0 Å². The van der Waals surface area contributed by atoms with Crippen molar-refractivity contribution < 1.29 is 13.2 Å². The van der Waals surface area contributed by atoms with Crippen molar-refractivity contribution in [3.63, 3.8) is 0 Å². The number of hydrogen-bond acceptors (Lipinski definition) is 6. The summed E-state index contributed by atoms with van der Waals surface area (Å²) in [4.78, 5) is 82.7. The summed E-state index contributed by atoms with van der Waals surface area (Å²) in [5.41, 5.74) is -9.05. The van der Waals surface area contributed by atoms with Crippen LogP contribution in [0.25, 0.3) is 49.4 Å². The Hall–Kier alpha value is -5.91. The van der Waals surface area contributed by atoms with Crippen LogP contribution in [0.2, 0.25) is 0 Å². The highest BCUT2D eigenvalue weighted by molar-refractivity contribution is 6.25. The molecular formula is C32H18F3N3O6. The van der Waals surface area contributed by atoms with E-state index in [1.807, 2.05) is 13.8 Å². The standard InChI is InChI=1S/C30H12F3N3O6.C2H6/c31-13-7-1-4-10-16(13)34-25(37)19-20(26(34)38)22-24(30(42)36(28(22)40)18-12-6-3-9-15(18)33)23-21(19)27(39)35(29(23)41)17-11-5-2-8-14(17)32;1-2/h1-12H;1-2H3. The Balaban J connectivity index is 0.00000168. The third-order valence-corrected chi connectivity index (χ3v) is 7.28. The lowest BCUT2D eigenvalue weighted by atomic mass is 10.0. The maximum absolute atomic E-state index is 14.8. The topological polar surface area (TPSA) is 117 Å². The molecule has 0 aliphatic heterocycles. The molecule has 0 radical (unpaired) electrons. The van der Waals surface area contributed by atoms with Crippen LogP contribution in [0.5, 0.6) is 0 Å². The summed E-state index contributed by atoms with van der Waals surface area (Å²) in [7, 11) is 0. The maximum atomic E-state index is 14.8. The molecule has 7 rings (SSSR count). The fourth-order valence-electron chi connectivity index (χ4n) is 5.54. The maximum Gasteiger partial charge on any atom is 0.267 e. The first-order valence-electron chi connectivity index (χ1n) is 13.3. The van der Waals surface area contributed by atoms with Crippen LogP contribution in [-0.2, 0) is 0 Å². The Morgan fingerprint density at radius 3 is 0.727 bits per heavy atom. The van der Waals surface area contributed by atoms with E-state index in [1.165, 1.54) is 36.4 Å². The molecule has 7 aromatic rings. The minimum absolute atomic E-state index is 0.383. The van der Waals surface area contributed by atoms with Gasteiger partial charge < -0.3 is 0 Å². The number of hydrogen-bond donors (Lipinski definition) is 0. The van der Waals surface area contributed by atoms with Gasteiger partial charge in [-0.25, -0.2) is 26.9 Å². The van der Waals surface area contributed by atoms with E-state index in [4.69, 9.17) is 0 Å². The molecule has 12 heteroatoms. The molecule has 0 aliphatic rings. The second-order valence-electron chi connectivity index (χ2n) is 9.44. The molecule has 0 spiro atoms. The summed E-state index contributed by atoms with van der Waals surface area (Å²) in [5.74, 6) is -2.98. The summed E-state index contributed by atoms with van der Waals surface area (Å²) in [6, 6.07) is 14.1. The van der Waals surface area contributed by atoms with Crippen LogP contribution in [0.1, 0.15) is 13.8 Å². The number of fused-ring (bicyclic) bond motifs is 6. The van der Waals surface area contributed by atoms with Crippen molar-refractivity contribution in [2.45, 2.75) is 13.8 Å². The van der Waals surface area contributed by atoms with E-state index >= 15 is 0 Å². The van der Waals surface area contributed by atoms with Crippen molar-refractivity contribution in [2.75, 3.05) is 0 Å². The van der Waals surface area contributed by atoms with E-state index < -0.39 is 100 Å². The van der Waals surface area contributed by atoms with Crippen molar-refractivity contribution in [1.29, 1.82) is 0 Å². The van der Waals surface area contributed by atoms with Gasteiger partial charge in [-0.05, 0) is 36.4 Å². The highest BCUT2D eigenvalue weighted by Gasteiger charge is 2.32. The van der Waals surface area contributed by atoms with E-state index in [2.05, 4.69) is 0 Å². The Morgan fingerprint density at radius 2 is 0.545 bits per heavy atom. The Bertz CT molecular complexity index is 2220. The van der Waals surface area contributed by atoms with Gasteiger partial charge in [-0.3, -0.25) is 28.8 Å². The molecule has 0 N–H and O–H groups in total. The van der Waals surface area contributed by atoms with Gasteiger partial charge >= 0.3 is 0 Å². The van der Waals surface area contributed by atoms with Crippen LogP contribution >= 0.6 is 0 Å². The molecule has 4 aromatic carbocycles. The molecule has 0 saturated heterocycles. The second-order valence-corrected chi connectivity index (χ2v) is 9.44. The molecule has 0 saturated carbocycles. The van der Waals surface area contributed by atoms with E-state index in [0.717, 1.165) is 36.4 Å². The number of benzene rings is 4. The normalized spacial score (nSPS) is 11.4. The number of rotatable bonds is 3. The quantitative estimate of drug-likeness (QED) is 0.308. The number of halogens is 3. The molecule has 0 unspecified atom stereocenters. The third-order valence-electron chi connectivity index (χ3n) is 7.28. The van der Waals surface area contributed by atoms with Crippen LogP contribution in [0.3, 0.4) is 0 Å². The number of para-hydroxylation sites is 3. The summed E-state index contributed by atoms with van der Waals surface area (Å²) in [5, 5.41) is -4.38. The van der Waals surface area contributed by atoms with Crippen molar-refractivity contribution in [3.8, 4) is 17.1 Å². The predicted octanol–water partition coefficient (Wildman–Crippen LogP) is 3.44. The van der Waals surface area contributed by atoms with E-state index in [1.54, 1.807) is 0 Å². The first-order chi connectivity index (χ1) is 21.1. The van der Waals surface area contributed by atoms with Gasteiger partial charge in [0.2, 0.25) is 0 Å². The van der Waals surface area contributed by atoms with E-state index in [0.29, 0.717) is 13.7 Å². The van der Waals surface area contributed by atoms with Crippen LogP contribution in [0.4, 0.5) is 13.2 Å². The summed E-state index contributed by atoms with van der Waals surface area (Å²) in [6.07, 6.45) is 0. The Labute approximate surface area is 242 Å². The van der Waals surface area contributed by atoms with Crippen molar-refractivity contribution in [1.82, 2.24) is 13.7 Å². The SMILES string of the molecule is CC.O=c1c2c3c(=O)n(-c4ccccc4F)c(=O)c3c3c(=O)n(-c4ccccc4F)c(=O)c3c2c(=O)n1-c1ccccc1F. The molecule has 218 valence electrons. The fraction of sp³-hybridized carbons (Fsp3) is 0.0625. The van der Waals surface area contributed by atoms with Crippen molar-refractivity contribution >= 4 is 32.3 Å². The molecule has 3 aromatic heterocycles. The average molecular weight is 598 g/mol. The zero-order chi connectivity index (χ0) is 31.6. The van der Waals surface area contributed by atoms with Gasteiger partial charge in [0.1, 0.15) is 17.5 Å². The van der Waals surface area contributed by atoms with Crippen LogP contribution in [0.15, 0.2) is 102 Å². The summed E-state index contributed by atoms with van der Waals surface area (Å²) >= 11 is 0. The fourth-order valence-corrected chi connectivity index (χ4v) is 5.54. The molecule has 0 fully saturated rings. The van der Waals surface area contributed by atoms with Crippen LogP contribution < -0.4 is 33.4 Å². The molecule has 0 amide bonds. The van der Waals surface area contributed by atoms with Crippen LogP contribution in [0, 0.1) is 17.5 Å². The van der Waals surface area contributed by atoms with Gasteiger partial charge in [0, 0.05) is 0 Å². The van der Waals surface area contributed by atoms with E-state index in [-0.39, 0.29) is 0 Å². The lowest BCUT2D eigenvalue weighted by Gasteiger charge is -2.01. The molecule has 0 atom stereocenters.